The molecule has 0 aromatic carbocycles. The monoisotopic (exact) mass is 513 g/mol. The van der Waals surface area contributed by atoms with Crippen molar-refractivity contribution in [3.63, 3.8) is 0 Å². The third-order valence-electron chi connectivity index (χ3n) is 9.72. The molecule has 202 valence electrons. The van der Waals surface area contributed by atoms with E-state index in [9.17, 15) is 24.8 Å². The Morgan fingerprint density at radius 2 is 2.00 bits per heavy atom. The average Bonchev–Trinajstić information content (AvgIpc) is 3.25. The lowest BCUT2D eigenvalue weighted by molar-refractivity contribution is -0.506. The van der Waals surface area contributed by atoms with Gasteiger partial charge in [0.05, 0.1) is 37.8 Å². The second-order valence-corrected chi connectivity index (χ2v) is 10.8. The first kappa shape index (κ1) is 25.8. The third-order valence-corrected chi connectivity index (χ3v) is 9.72. The number of rotatable bonds is 13. The molecule has 6 bridgehead atoms. The highest BCUT2D eigenvalue weighted by atomic mass is 16.7. The Hall–Kier alpha value is -1.86. The van der Waals surface area contributed by atoms with Crippen LogP contribution in [0.5, 0.6) is 0 Å². The lowest BCUT2D eigenvalue weighted by atomic mass is 9.40. The van der Waals surface area contributed by atoms with Gasteiger partial charge in [-0.15, -0.1) is 0 Å². The Kier molecular flexibility index (Phi) is 6.78. The molecule has 9 atom stereocenters. The Balaban J connectivity index is 1.54. The zero-order valence-electron chi connectivity index (χ0n) is 20.7. The van der Waals surface area contributed by atoms with Gasteiger partial charge in [0.25, 0.3) is 0 Å². The number of aliphatic hydroxyl groups is 1. The SMILES string of the molecule is COCCOCOCC[C@@H]1[C@@H]2CCO[C@@]34OC(=O)[C@@]5(CCO)C[C@@](C(=O)OC)(C(C[N+](=O)[O-])[C@H]23)[C@H]1[C@H]54. The van der Waals surface area contributed by atoms with Crippen molar-refractivity contribution in [1.82, 2.24) is 0 Å². The van der Waals surface area contributed by atoms with Gasteiger partial charge in [-0.2, -0.15) is 0 Å². The molecule has 12 heteroatoms. The van der Waals surface area contributed by atoms with Gasteiger partial charge in [-0.3, -0.25) is 19.7 Å². The summed E-state index contributed by atoms with van der Waals surface area (Å²) in [5.74, 6) is -4.52. The topological polar surface area (TPSA) is 153 Å². The van der Waals surface area contributed by atoms with Gasteiger partial charge >= 0.3 is 11.9 Å². The van der Waals surface area contributed by atoms with Crippen LogP contribution in [0.4, 0.5) is 0 Å². The van der Waals surface area contributed by atoms with E-state index in [2.05, 4.69) is 0 Å². The number of methoxy groups -OCH3 is 2. The summed E-state index contributed by atoms with van der Waals surface area (Å²) < 4.78 is 33.7. The molecule has 0 amide bonds. The number of ether oxygens (including phenoxy) is 6. The van der Waals surface area contributed by atoms with Crippen LogP contribution < -0.4 is 0 Å². The molecule has 4 aliphatic carbocycles. The largest absolute Gasteiger partial charge is 0.469 e. The van der Waals surface area contributed by atoms with Crippen LogP contribution in [0, 0.1) is 56.5 Å². The minimum Gasteiger partial charge on any atom is -0.469 e. The van der Waals surface area contributed by atoms with Crippen LogP contribution in [0.2, 0.25) is 0 Å². The second kappa shape index (κ2) is 9.46. The highest BCUT2D eigenvalue weighted by molar-refractivity contribution is 5.87. The lowest BCUT2D eigenvalue weighted by Gasteiger charge is -2.66. The smallest absolute Gasteiger partial charge is 0.315 e. The molecular formula is C24H35NO11. The van der Waals surface area contributed by atoms with E-state index >= 15 is 0 Å². The van der Waals surface area contributed by atoms with Crippen molar-refractivity contribution in [2.45, 2.75) is 31.5 Å². The predicted octanol–water partition coefficient (Wildman–Crippen LogP) is 0.620. The highest BCUT2D eigenvalue weighted by Crippen LogP contribution is 2.82. The molecule has 0 aromatic heterocycles. The van der Waals surface area contributed by atoms with E-state index in [1.54, 1.807) is 7.11 Å². The van der Waals surface area contributed by atoms with Gasteiger partial charge in [0.15, 0.2) is 0 Å². The summed E-state index contributed by atoms with van der Waals surface area (Å²) in [7, 11) is 2.88. The first-order valence-electron chi connectivity index (χ1n) is 12.7. The van der Waals surface area contributed by atoms with Crippen LogP contribution in [0.3, 0.4) is 0 Å². The molecule has 6 rings (SSSR count). The van der Waals surface area contributed by atoms with Gasteiger partial charge in [-0.25, -0.2) is 0 Å². The minimum absolute atomic E-state index is 0.0310. The van der Waals surface area contributed by atoms with Gasteiger partial charge in [-0.1, -0.05) is 0 Å². The Morgan fingerprint density at radius 3 is 2.69 bits per heavy atom. The van der Waals surface area contributed by atoms with Crippen LogP contribution in [-0.2, 0) is 38.0 Å². The van der Waals surface area contributed by atoms with E-state index in [0.29, 0.717) is 39.3 Å². The maximum Gasteiger partial charge on any atom is 0.315 e. The number of nitrogens with zero attached hydrogens (tertiary/aromatic N) is 1. The number of hydrogen-bond acceptors (Lipinski definition) is 11. The molecular weight excluding hydrogens is 478 g/mol. The fourth-order valence-corrected chi connectivity index (χ4v) is 8.98. The van der Waals surface area contributed by atoms with Crippen LogP contribution >= 0.6 is 0 Å². The van der Waals surface area contributed by atoms with Crippen molar-refractivity contribution in [2.24, 2.45) is 46.3 Å². The number of hydrogen-bond donors (Lipinski definition) is 1. The maximum atomic E-state index is 13.6. The van der Waals surface area contributed by atoms with Gasteiger partial charge in [0.2, 0.25) is 12.3 Å². The predicted molar refractivity (Wildman–Crippen MR) is 119 cm³/mol. The molecule has 1 N–H and O–H groups in total. The van der Waals surface area contributed by atoms with Crippen molar-refractivity contribution in [3.8, 4) is 0 Å². The minimum atomic E-state index is -1.31. The van der Waals surface area contributed by atoms with E-state index in [1.165, 1.54) is 7.11 Å². The maximum absolute atomic E-state index is 13.6. The van der Waals surface area contributed by atoms with Crippen molar-refractivity contribution in [1.29, 1.82) is 0 Å². The van der Waals surface area contributed by atoms with Gasteiger partial charge < -0.3 is 33.5 Å². The summed E-state index contributed by atoms with van der Waals surface area (Å²) in [6, 6.07) is 0. The van der Waals surface area contributed by atoms with Crippen molar-refractivity contribution < 1.29 is 48.0 Å². The van der Waals surface area contributed by atoms with E-state index in [1.807, 2.05) is 0 Å². The van der Waals surface area contributed by atoms with E-state index in [0.717, 1.165) is 0 Å². The normalized spacial score (nSPS) is 43.5. The van der Waals surface area contributed by atoms with Crippen molar-refractivity contribution in [2.75, 3.05) is 60.6 Å². The molecule has 36 heavy (non-hydrogen) atoms. The summed E-state index contributed by atoms with van der Waals surface area (Å²) in [5, 5.41) is 21.9. The summed E-state index contributed by atoms with van der Waals surface area (Å²) in [6.07, 6.45) is 1.42. The second-order valence-electron chi connectivity index (χ2n) is 10.8. The summed E-state index contributed by atoms with van der Waals surface area (Å²) in [4.78, 5) is 38.6. The van der Waals surface area contributed by atoms with Crippen LogP contribution in [0.1, 0.15) is 25.7 Å². The number of carbonyl (C=O) groups is 2. The fraction of sp³-hybridized carbons (Fsp3) is 0.917. The first-order valence-corrected chi connectivity index (χ1v) is 12.7. The molecule has 4 saturated carbocycles. The molecule has 1 unspecified atom stereocenters. The zero-order chi connectivity index (χ0) is 25.7. The third kappa shape index (κ3) is 3.30. The van der Waals surface area contributed by atoms with E-state index in [-0.39, 0.29) is 43.0 Å². The quantitative estimate of drug-likeness (QED) is 0.121. The molecule has 2 aliphatic heterocycles. The summed E-state index contributed by atoms with van der Waals surface area (Å²) in [5.41, 5.74) is -2.38. The molecule has 0 aromatic rings. The van der Waals surface area contributed by atoms with Gasteiger partial charge in [0.1, 0.15) is 6.79 Å². The molecule has 2 saturated heterocycles. The molecule has 6 aliphatic rings. The number of carbonyl (C=O) groups excluding carboxylic acids is 2. The highest BCUT2D eigenvalue weighted by Gasteiger charge is 2.90. The summed E-state index contributed by atoms with van der Waals surface area (Å²) >= 11 is 0. The fourth-order valence-electron chi connectivity index (χ4n) is 8.98. The molecule has 12 nitrogen and oxygen atoms in total. The Labute approximate surface area is 209 Å². The van der Waals surface area contributed by atoms with Crippen LogP contribution in [-0.4, -0.2) is 88.3 Å². The van der Waals surface area contributed by atoms with Crippen molar-refractivity contribution >= 4 is 11.9 Å². The molecule has 1 spiro atoms. The first-order chi connectivity index (χ1) is 17.3. The lowest BCUT2D eigenvalue weighted by Crippen LogP contribution is -2.74. The number of aliphatic hydroxyl groups excluding tert-OH is 1. The van der Waals surface area contributed by atoms with Gasteiger partial charge in [-0.05, 0) is 43.4 Å². The van der Waals surface area contributed by atoms with Crippen LogP contribution in [0.25, 0.3) is 0 Å². The molecule has 0 radical (unpaired) electrons. The van der Waals surface area contributed by atoms with Crippen molar-refractivity contribution in [3.05, 3.63) is 10.1 Å². The van der Waals surface area contributed by atoms with E-state index < -0.39 is 58.8 Å². The molecule has 6 fully saturated rings. The Morgan fingerprint density at radius 1 is 1.22 bits per heavy atom. The van der Waals surface area contributed by atoms with Gasteiger partial charge in [0, 0.05) is 43.0 Å². The summed E-state index contributed by atoms with van der Waals surface area (Å²) in [6.45, 7) is 1.000. The number of esters is 2. The average molecular weight is 514 g/mol. The molecule has 2 heterocycles. The van der Waals surface area contributed by atoms with E-state index in [4.69, 9.17) is 28.4 Å². The number of nitro groups is 1. The van der Waals surface area contributed by atoms with Crippen LogP contribution in [0.15, 0.2) is 0 Å². The Bertz CT molecular complexity index is 899. The standard InChI is InChI=1S/C24H35NO11/c1-31-9-10-34-13-33-7-3-15-14-4-8-35-24-17(14)16(11-25(29)30)23(21(28)32-2)12-22(5-6-26,20(27)36-24)19(24)18(15)23/h14-19,26H,3-13H2,1-2H3/t14-,15+,16?,17-,18+,19+,22-,23+,24+/m0/s1. The zero-order valence-corrected chi connectivity index (χ0v) is 20.7.